The molecule has 2 aromatic rings. The Balaban J connectivity index is 1.29. The lowest BCUT2D eigenvalue weighted by Gasteiger charge is -2.25. The molecule has 0 spiro atoms. The van der Waals surface area contributed by atoms with Gasteiger partial charge in [-0.05, 0) is 74.1 Å². The lowest BCUT2D eigenvalue weighted by molar-refractivity contribution is -0.139. The van der Waals surface area contributed by atoms with Gasteiger partial charge in [0.2, 0.25) is 17.7 Å². The van der Waals surface area contributed by atoms with Crippen molar-refractivity contribution >= 4 is 46.7 Å². The van der Waals surface area contributed by atoms with Gasteiger partial charge in [0.25, 0.3) is 0 Å². The summed E-state index contributed by atoms with van der Waals surface area (Å²) in [6, 6.07) is 9.85. The monoisotopic (exact) mass is 524 g/mol. The molecule has 0 radical (unpaired) electrons. The van der Waals surface area contributed by atoms with E-state index >= 15 is 0 Å². The lowest BCUT2D eigenvalue weighted by Crippen LogP contribution is -2.31. The van der Waals surface area contributed by atoms with Gasteiger partial charge in [-0.25, -0.2) is 4.90 Å². The standard InChI is InChI=1S/C28H29ClN2O6/c1-15-4-7-20-21(10-15)27(34)31(26(20)33)22-8-6-19(11-16(22)2)37-28(35)17-12-25(32)30(14-17)23-13-18(29)5-9-24(23)36-3/h5-6,8-9,11,13,15,17,20-21H,4,7,10,12,14H2,1-3H3/t15-,17-,20-,21+/m1/s1. The molecule has 1 saturated carbocycles. The number of rotatable bonds is 5. The van der Waals surface area contributed by atoms with E-state index in [-0.39, 0.29) is 42.5 Å². The molecule has 4 atom stereocenters. The average Bonchev–Trinajstić information content (AvgIpc) is 3.36. The molecule has 3 aliphatic rings. The number of carbonyl (C=O) groups is 4. The maximum atomic E-state index is 13.1. The van der Waals surface area contributed by atoms with Gasteiger partial charge >= 0.3 is 5.97 Å². The fraction of sp³-hybridized carbons (Fsp3) is 0.429. The van der Waals surface area contributed by atoms with Gasteiger partial charge in [-0.3, -0.25) is 19.2 Å². The summed E-state index contributed by atoms with van der Waals surface area (Å²) in [5.74, 6) is -1.00. The number of nitrogens with zero attached hydrogens (tertiary/aromatic N) is 2. The first-order chi connectivity index (χ1) is 17.7. The van der Waals surface area contributed by atoms with Crippen LogP contribution < -0.4 is 19.3 Å². The molecular formula is C28H29ClN2O6. The Morgan fingerprint density at radius 1 is 1.00 bits per heavy atom. The number of aryl methyl sites for hydroxylation is 1. The first kappa shape index (κ1) is 25.3. The Hall–Kier alpha value is -3.39. The van der Waals surface area contributed by atoms with Crippen LogP contribution in [0.3, 0.4) is 0 Å². The fourth-order valence-corrected chi connectivity index (χ4v) is 5.91. The van der Waals surface area contributed by atoms with E-state index in [9.17, 15) is 19.2 Å². The van der Waals surface area contributed by atoms with Crippen LogP contribution in [0, 0.1) is 30.6 Å². The summed E-state index contributed by atoms with van der Waals surface area (Å²) < 4.78 is 11.0. The summed E-state index contributed by atoms with van der Waals surface area (Å²) in [5, 5.41) is 0.453. The highest BCUT2D eigenvalue weighted by Gasteiger charge is 2.50. The van der Waals surface area contributed by atoms with Gasteiger partial charge in [-0.2, -0.15) is 0 Å². The zero-order chi connectivity index (χ0) is 26.4. The molecular weight excluding hydrogens is 496 g/mol. The van der Waals surface area contributed by atoms with Crippen LogP contribution in [0.25, 0.3) is 0 Å². The summed E-state index contributed by atoms with van der Waals surface area (Å²) in [4.78, 5) is 54.6. The van der Waals surface area contributed by atoms with E-state index in [4.69, 9.17) is 21.1 Å². The second-order valence-electron chi connectivity index (χ2n) is 10.2. The highest BCUT2D eigenvalue weighted by atomic mass is 35.5. The number of amides is 3. The summed E-state index contributed by atoms with van der Waals surface area (Å²) in [6.07, 6.45) is 2.43. The van der Waals surface area contributed by atoms with Crippen molar-refractivity contribution in [1.29, 1.82) is 0 Å². The Bertz CT molecular complexity index is 1290. The Labute approximate surface area is 220 Å². The minimum Gasteiger partial charge on any atom is -0.495 e. The van der Waals surface area contributed by atoms with Gasteiger partial charge in [0, 0.05) is 18.0 Å². The summed E-state index contributed by atoms with van der Waals surface area (Å²) >= 11 is 6.11. The number of anilines is 2. The van der Waals surface area contributed by atoms with E-state index in [0.717, 1.165) is 19.3 Å². The van der Waals surface area contributed by atoms with Crippen molar-refractivity contribution in [1.82, 2.24) is 0 Å². The van der Waals surface area contributed by atoms with Crippen molar-refractivity contribution in [3.05, 3.63) is 47.0 Å². The zero-order valence-corrected chi connectivity index (χ0v) is 21.8. The first-order valence-corrected chi connectivity index (χ1v) is 12.9. The molecule has 5 rings (SSSR count). The SMILES string of the molecule is COc1ccc(Cl)cc1N1C[C@H](C(=O)Oc2ccc(N3C(=O)[C@H]4C[C@H](C)CC[C@H]4C3=O)c(C)c2)CC1=O. The number of methoxy groups -OCH3 is 1. The Morgan fingerprint density at radius 3 is 2.49 bits per heavy atom. The molecule has 194 valence electrons. The maximum absolute atomic E-state index is 13.1. The van der Waals surface area contributed by atoms with E-state index < -0.39 is 11.9 Å². The number of ether oxygens (including phenoxy) is 2. The van der Waals surface area contributed by atoms with Gasteiger partial charge in [-0.1, -0.05) is 18.5 Å². The highest BCUT2D eigenvalue weighted by Crippen LogP contribution is 2.43. The van der Waals surface area contributed by atoms with Crippen LogP contribution in [0.15, 0.2) is 36.4 Å². The van der Waals surface area contributed by atoms with Crippen LogP contribution in [-0.2, 0) is 19.2 Å². The van der Waals surface area contributed by atoms with Gasteiger partial charge in [0.15, 0.2) is 0 Å². The van der Waals surface area contributed by atoms with Gasteiger partial charge in [0.05, 0.1) is 36.2 Å². The zero-order valence-electron chi connectivity index (χ0n) is 21.0. The van der Waals surface area contributed by atoms with E-state index in [1.807, 2.05) is 0 Å². The molecule has 0 aromatic heterocycles. The van der Waals surface area contributed by atoms with Gasteiger partial charge in [0.1, 0.15) is 11.5 Å². The molecule has 0 bridgehead atoms. The van der Waals surface area contributed by atoms with Crippen molar-refractivity contribution in [2.24, 2.45) is 23.7 Å². The smallest absolute Gasteiger partial charge is 0.316 e. The molecule has 3 amide bonds. The van der Waals surface area contributed by atoms with Crippen molar-refractivity contribution in [3.8, 4) is 11.5 Å². The van der Waals surface area contributed by atoms with Crippen LogP contribution in [0.5, 0.6) is 11.5 Å². The Morgan fingerprint density at radius 2 is 1.76 bits per heavy atom. The van der Waals surface area contributed by atoms with Crippen LogP contribution in [-0.4, -0.2) is 37.3 Å². The molecule has 2 aromatic carbocycles. The van der Waals surface area contributed by atoms with Crippen LogP contribution in [0.2, 0.25) is 5.02 Å². The summed E-state index contributed by atoms with van der Waals surface area (Å²) in [6.45, 7) is 4.04. The minimum atomic E-state index is -0.664. The van der Waals surface area contributed by atoms with E-state index in [2.05, 4.69) is 6.92 Å². The van der Waals surface area contributed by atoms with E-state index in [0.29, 0.717) is 39.4 Å². The molecule has 2 aliphatic heterocycles. The fourth-order valence-electron chi connectivity index (χ4n) is 5.74. The van der Waals surface area contributed by atoms with Gasteiger partial charge < -0.3 is 14.4 Å². The summed E-state index contributed by atoms with van der Waals surface area (Å²) in [7, 11) is 1.50. The topological polar surface area (TPSA) is 93.2 Å². The minimum absolute atomic E-state index is 0.00352. The van der Waals surface area contributed by atoms with Crippen molar-refractivity contribution in [3.63, 3.8) is 0 Å². The van der Waals surface area contributed by atoms with Crippen molar-refractivity contribution < 1.29 is 28.7 Å². The van der Waals surface area contributed by atoms with Crippen LogP contribution >= 0.6 is 11.6 Å². The second-order valence-corrected chi connectivity index (χ2v) is 10.7. The van der Waals surface area contributed by atoms with Crippen LogP contribution in [0.4, 0.5) is 11.4 Å². The largest absolute Gasteiger partial charge is 0.495 e. The number of carbonyl (C=O) groups excluding carboxylic acids is 4. The number of benzene rings is 2. The second kappa shape index (κ2) is 9.82. The average molecular weight is 525 g/mol. The number of fused-ring (bicyclic) bond motifs is 1. The predicted octanol–water partition coefficient (Wildman–Crippen LogP) is 4.54. The van der Waals surface area contributed by atoms with Gasteiger partial charge in [-0.15, -0.1) is 0 Å². The molecule has 0 N–H and O–H groups in total. The third kappa shape index (κ3) is 4.59. The number of hydrogen-bond donors (Lipinski definition) is 0. The molecule has 3 fully saturated rings. The number of hydrogen-bond acceptors (Lipinski definition) is 6. The molecule has 8 nitrogen and oxygen atoms in total. The molecule has 2 saturated heterocycles. The Kier molecular flexibility index (Phi) is 6.70. The van der Waals surface area contributed by atoms with E-state index in [1.165, 1.54) is 16.9 Å². The van der Waals surface area contributed by atoms with Crippen molar-refractivity contribution in [2.75, 3.05) is 23.5 Å². The van der Waals surface area contributed by atoms with E-state index in [1.54, 1.807) is 43.3 Å². The maximum Gasteiger partial charge on any atom is 0.316 e. The lowest BCUT2D eigenvalue weighted by atomic mass is 9.76. The summed E-state index contributed by atoms with van der Waals surface area (Å²) in [5.41, 5.74) is 1.68. The normalized spacial score (nSPS) is 25.5. The molecule has 0 unspecified atom stereocenters. The molecule has 1 aliphatic carbocycles. The molecule has 2 heterocycles. The first-order valence-electron chi connectivity index (χ1n) is 12.5. The third-order valence-electron chi connectivity index (χ3n) is 7.71. The highest BCUT2D eigenvalue weighted by molar-refractivity contribution is 6.31. The number of halogens is 1. The van der Waals surface area contributed by atoms with Crippen molar-refractivity contribution in [2.45, 2.75) is 39.5 Å². The quantitative estimate of drug-likeness (QED) is 0.324. The number of imide groups is 1. The predicted molar refractivity (Wildman–Crippen MR) is 138 cm³/mol. The molecule has 37 heavy (non-hydrogen) atoms. The van der Waals surface area contributed by atoms with Crippen LogP contribution in [0.1, 0.15) is 38.2 Å². The number of esters is 1. The molecule has 9 heteroatoms. The third-order valence-corrected chi connectivity index (χ3v) is 7.94.